The zero-order chi connectivity index (χ0) is 13.1. The Morgan fingerprint density at radius 2 is 2.28 bits per heavy atom. The normalized spacial score (nSPS) is 18.9. The van der Waals surface area contributed by atoms with E-state index in [4.69, 9.17) is 0 Å². The van der Waals surface area contributed by atoms with Crippen molar-refractivity contribution in [2.24, 2.45) is 0 Å². The Morgan fingerprint density at radius 3 is 2.89 bits per heavy atom. The molecule has 0 radical (unpaired) electrons. The number of amides is 1. The Hall–Kier alpha value is -1.49. The Balaban J connectivity index is 2.05. The average molecular weight is 254 g/mol. The molecule has 0 aliphatic carbocycles. The summed E-state index contributed by atoms with van der Waals surface area (Å²) in [6.07, 6.45) is 2.11. The molecule has 5 heteroatoms. The van der Waals surface area contributed by atoms with Crippen LogP contribution in [0.3, 0.4) is 0 Å². The van der Waals surface area contributed by atoms with Crippen molar-refractivity contribution in [3.05, 3.63) is 35.4 Å². The number of benzene rings is 1. The summed E-state index contributed by atoms with van der Waals surface area (Å²) in [5.41, 5.74) is -0.0862. The maximum atomic E-state index is 13.5. The molecule has 2 rings (SSSR count). The molecule has 0 aromatic heterocycles. The Kier molecular flexibility index (Phi) is 3.91. The summed E-state index contributed by atoms with van der Waals surface area (Å²) in [5, 5.41) is 3.27. The lowest BCUT2D eigenvalue weighted by Crippen LogP contribution is -2.38. The molecule has 1 saturated heterocycles. The third-order valence-electron chi connectivity index (χ3n) is 3.16. The second kappa shape index (κ2) is 5.44. The highest BCUT2D eigenvalue weighted by molar-refractivity contribution is 5.94. The molecule has 1 amide bonds. The summed E-state index contributed by atoms with van der Waals surface area (Å²) in [5.74, 6) is -1.91. The van der Waals surface area contributed by atoms with Crippen molar-refractivity contribution in [3.63, 3.8) is 0 Å². The van der Waals surface area contributed by atoms with Crippen LogP contribution in [0, 0.1) is 11.6 Å². The fourth-order valence-corrected chi connectivity index (χ4v) is 2.19. The smallest absolute Gasteiger partial charge is 0.256 e. The van der Waals surface area contributed by atoms with Gasteiger partial charge in [-0.25, -0.2) is 8.78 Å². The van der Waals surface area contributed by atoms with E-state index in [9.17, 15) is 13.6 Å². The SMILES string of the molecule is CN(CC1CCCN1)C(=O)c1ccc(F)cc1F. The van der Waals surface area contributed by atoms with Gasteiger partial charge in [0, 0.05) is 25.7 Å². The molecule has 0 bridgehead atoms. The van der Waals surface area contributed by atoms with Gasteiger partial charge in [0.2, 0.25) is 0 Å². The Bertz CT molecular complexity index is 445. The van der Waals surface area contributed by atoms with Crippen molar-refractivity contribution in [2.75, 3.05) is 20.1 Å². The highest BCUT2D eigenvalue weighted by Gasteiger charge is 2.21. The van der Waals surface area contributed by atoms with Gasteiger partial charge in [-0.3, -0.25) is 4.79 Å². The molecule has 1 unspecified atom stereocenters. The lowest BCUT2D eigenvalue weighted by Gasteiger charge is -2.21. The maximum Gasteiger partial charge on any atom is 0.256 e. The van der Waals surface area contributed by atoms with Gasteiger partial charge < -0.3 is 10.2 Å². The van der Waals surface area contributed by atoms with Gasteiger partial charge in [-0.2, -0.15) is 0 Å². The first-order valence-corrected chi connectivity index (χ1v) is 6.02. The molecule has 1 heterocycles. The van der Waals surface area contributed by atoms with E-state index in [0.29, 0.717) is 6.54 Å². The number of carbonyl (C=O) groups is 1. The first-order valence-electron chi connectivity index (χ1n) is 6.02. The zero-order valence-electron chi connectivity index (χ0n) is 10.2. The van der Waals surface area contributed by atoms with Gasteiger partial charge in [0.1, 0.15) is 11.6 Å². The summed E-state index contributed by atoms with van der Waals surface area (Å²) in [6, 6.07) is 3.28. The van der Waals surface area contributed by atoms with Gasteiger partial charge in [0.15, 0.2) is 0 Å². The number of halogens is 2. The summed E-state index contributed by atoms with van der Waals surface area (Å²) < 4.78 is 26.2. The van der Waals surface area contributed by atoms with Crippen LogP contribution in [0.5, 0.6) is 0 Å². The first-order chi connectivity index (χ1) is 8.58. The first kappa shape index (κ1) is 13.0. The van der Waals surface area contributed by atoms with Crippen LogP contribution in [0.4, 0.5) is 8.78 Å². The minimum atomic E-state index is -0.814. The topological polar surface area (TPSA) is 32.3 Å². The predicted octanol–water partition coefficient (Wildman–Crippen LogP) is 1.79. The molecule has 1 atom stereocenters. The second-order valence-corrected chi connectivity index (χ2v) is 4.60. The number of rotatable bonds is 3. The standard InChI is InChI=1S/C13H16F2N2O/c1-17(8-10-3-2-6-16-10)13(18)11-5-4-9(14)7-12(11)15/h4-5,7,10,16H,2-3,6,8H2,1H3. The summed E-state index contributed by atoms with van der Waals surface area (Å²) in [4.78, 5) is 13.5. The zero-order valence-corrected chi connectivity index (χ0v) is 10.2. The van der Waals surface area contributed by atoms with E-state index in [1.54, 1.807) is 7.05 Å². The fourth-order valence-electron chi connectivity index (χ4n) is 2.19. The monoisotopic (exact) mass is 254 g/mol. The van der Waals surface area contributed by atoms with E-state index in [2.05, 4.69) is 5.32 Å². The molecule has 1 aliphatic rings. The van der Waals surface area contributed by atoms with E-state index in [1.807, 2.05) is 0 Å². The van der Waals surface area contributed by atoms with Crippen LogP contribution in [0.15, 0.2) is 18.2 Å². The van der Waals surface area contributed by atoms with Crippen LogP contribution in [0.1, 0.15) is 23.2 Å². The highest BCUT2D eigenvalue weighted by atomic mass is 19.1. The predicted molar refractivity (Wildman–Crippen MR) is 64.3 cm³/mol. The molecule has 18 heavy (non-hydrogen) atoms. The highest BCUT2D eigenvalue weighted by Crippen LogP contribution is 2.13. The van der Waals surface area contributed by atoms with Crippen molar-refractivity contribution >= 4 is 5.91 Å². The van der Waals surface area contributed by atoms with Crippen LogP contribution in [0.2, 0.25) is 0 Å². The lowest BCUT2D eigenvalue weighted by atomic mass is 10.1. The van der Waals surface area contributed by atoms with Gasteiger partial charge in [0.05, 0.1) is 5.56 Å². The van der Waals surface area contributed by atoms with Gasteiger partial charge in [-0.1, -0.05) is 0 Å². The van der Waals surface area contributed by atoms with Crippen LogP contribution in [-0.2, 0) is 0 Å². The van der Waals surface area contributed by atoms with Crippen LogP contribution in [-0.4, -0.2) is 37.0 Å². The molecule has 1 fully saturated rings. The van der Waals surface area contributed by atoms with Gasteiger partial charge >= 0.3 is 0 Å². The second-order valence-electron chi connectivity index (χ2n) is 4.60. The molecule has 1 aromatic rings. The number of carbonyl (C=O) groups excluding carboxylic acids is 1. The minimum absolute atomic E-state index is 0.0862. The molecular weight excluding hydrogens is 238 g/mol. The van der Waals surface area contributed by atoms with Gasteiger partial charge in [-0.15, -0.1) is 0 Å². The molecule has 1 aromatic carbocycles. The van der Waals surface area contributed by atoms with E-state index in [0.717, 1.165) is 31.5 Å². The average Bonchev–Trinajstić information content (AvgIpc) is 2.81. The lowest BCUT2D eigenvalue weighted by molar-refractivity contribution is 0.0779. The minimum Gasteiger partial charge on any atom is -0.340 e. The van der Waals surface area contributed by atoms with Crippen molar-refractivity contribution in [1.29, 1.82) is 0 Å². The Morgan fingerprint density at radius 1 is 1.50 bits per heavy atom. The number of hydrogen-bond donors (Lipinski definition) is 1. The maximum absolute atomic E-state index is 13.5. The fraction of sp³-hybridized carbons (Fsp3) is 0.462. The molecule has 0 spiro atoms. The van der Waals surface area contributed by atoms with E-state index < -0.39 is 17.5 Å². The molecular formula is C13H16F2N2O. The van der Waals surface area contributed by atoms with Crippen LogP contribution < -0.4 is 5.32 Å². The molecule has 1 aliphatic heterocycles. The Labute approximate surface area is 105 Å². The molecule has 98 valence electrons. The third kappa shape index (κ3) is 2.85. The number of nitrogens with zero attached hydrogens (tertiary/aromatic N) is 1. The summed E-state index contributed by atoms with van der Waals surface area (Å²) >= 11 is 0. The van der Waals surface area contributed by atoms with Gasteiger partial charge in [-0.05, 0) is 31.5 Å². The van der Waals surface area contributed by atoms with Crippen molar-refractivity contribution in [1.82, 2.24) is 10.2 Å². The van der Waals surface area contributed by atoms with E-state index in [-0.39, 0.29) is 11.6 Å². The van der Waals surface area contributed by atoms with Crippen molar-refractivity contribution < 1.29 is 13.6 Å². The van der Waals surface area contributed by atoms with E-state index in [1.165, 1.54) is 11.0 Å². The van der Waals surface area contributed by atoms with Gasteiger partial charge in [0.25, 0.3) is 5.91 Å². The molecule has 3 nitrogen and oxygen atoms in total. The third-order valence-corrected chi connectivity index (χ3v) is 3.16. The van der Waals surface area contributed by atoms with Crippen LogP contribution in [0.25, 0.3) is 0 Å². The largest absolute Gasteiger partial charge is 0.340 e. The number of likely N-dealkylation sites (N-methyl/N-ethyl adjacent to an activating group) is 1. The molecule has 1 N–H and O–H groups in total. The van der Waals surface area contributed by atoms with Crippen LogP contribution >= 0.6 is 0 Å². The molecule has 0 saturated carbocycles. The van der Waals surface area contributed by atoms with Crippen molar-refractivity contribution in [2.45, 2.75) is 18.9 Å². The number of hydrogen-bond acceptors (Lipinski definition) is 2. The van der Waals surface area contributed by atoms with E-state index >= 15 is 0 Å². The quantitative estimate of drug-likeness (QED) is 0.892. The summed E-state index contributed by atoms with van der Waals surface area (Å²) in [7, 11) is 1.63. The summed E-state index contributed by atoms with van der Waals surface area (Å²) in [6.45, 7) is 1.49. The number of nitrogens with one attached hydrogen (secondary N) is 1. The van der Waals surface area contributed by atoms with Crippen molar-refractivity contribution in [3.8, 4) is 0 Å².